The SMILES string of the molecule is O=C(NCc1cccc(-c2nc(-c3ccccc3)cs2)c1)OCCCl. The van der Waals surface area contributed by atoms with Gasteiger partial charge in [0.25, 0.3) is 0 Å². The summed E-state index contributed by atoms with van der Waals surface area (Å²) in [7, 11) is 0. The van der Waals surface area contributed by atoms with E-state index >= 15 is 0 Å². The number of ether oxygens (including phenoxy) is 1. The van der Waals surface area contributed by atoms with Crippen molar-refractivity contribution in [2.24, 2.45) is 0 Å². The summed E-state index contributed by atoms with van der Waals surface area (Å²) in [6.07, 6.45) is -0.466. The van der Waals surface area contributed by atoms with Crippen LogP contribution in [0.1, 0.15) is 5.56 Å². The molecule has 1 aromatic heterocycles. The van der Waals surface area contributed by atoms with Crippen molar-refractivity contribution < 1.29 is 9.53 Å². The van der Waals surface area contributed by atoms with Gasteiger partial charge in [0.05, 0.1) is 11.6 Å². The van der Waals surface area contributed by atoms with Crippen LogP contribution in [0.25, 0.3) is 21.8 Å². The Balaban J connectivity index is 1.69. The second-order valence-corrected chi connectivity index (χ2v) is 6.52. The number of rotatable bonds is 6. The Bertz CT molecular complexity index is 836. The first-order chi connectivity index (χ1) is 12.3. The standard InChI is InChI=1S/C19H17ClN2O2S/c20-9-10-24-19(23)21-12-14-5-4-8-16(11-14)18-22-17(13-25-18)15-6-2-1-3-7-15/h1-8,11,13H,9-10,12H2,(H,21,23). The van der Waals surface area contributed by atoms with Crippen molar-refractivity contribution in [1.29, 1.82) is 0 Å². The third-order valence-electron chi connectivity index (χ3n) is 3.49. The molecule has 0 aliphatic rings. The molecule has 0 aliphatic heterocycles. The molecule has 3 aromatic rings. The lowest BCUT2D eigenvalue weighted by Gasteiger charge is -2.06. The van der Waals surface area contributed by atoms with Crippen molar-refractivity contribution in [2.45, 2.75) is 6.54 Å². The highest BCUT2D eigenvalue weighted by molar-refractivity contribution is 7.13. The number of halogens is 1. The Labute approximate surface area is 155 Å². The predicted octanol–water partition coefficient (Wildman–Crippen LogP) is 4.94. The zero-order chi connectivity index (χ0) is 17.5. The maximum atomic E-state index is 11.5. The monoisotopic (exact) mass is 372 g/mol. The molecule has 0 radical (unpaired) electrons. The van der Waals surface area contributed by atoms with Crippen LogP contribution < -0.4 is 5.32 Å². The molecular formula is C19H17ClN2O2S. The Morgan fingerprint density at radius 1 is 1.12 bits per heavy atom. The first kappa shape index (κ1) is 17.5. The molecule has 4 nitrogen and oxygen atoms in total. The van der Waals surface area contributed by atoms with E-state index in [1.165, 1.54) is 0 Å². The van der Waals surface area contributed by atoms with E-state index < -0.39 is 6.09 Å². The molecule has 3 rings (SSSR count). The lowest BCUT2D eigenvalue weighted by molar-refractivity contribution is 0.152. The van der Waals surface area contributed by atoms with Crippen LogP contribution in [-0.2, 0) is 11.3 Å². The molecular weight excluding hydrogens is 356 g/mol. The first-order valence-corrected chi connectivity index (χ1v) is 9.24. The molecule has 2 aromatic carbocycles. The van der Waals surface area contributed by atoms with Crippen LogP contribution in [0.15, 0.2) is 60.0 Å². The van der Waals surface area contributed by atoms with E-state index in [-0.39, 0.29) is 12.5 Å². The van der Waals surface area contributed by atoms with Crippen LogP contribution >= 0.6 is 22.9 Å². The van der Waals surface area contributed by atoms with Crippen LogP contribution in [0.3, 0.4) is 0 Å². The summed E-state index contributed by atoms with van der Waals surface area (Å²) in [4.78, 5) is 16.2. The molecule has 0 unspecified atom stereocenters. The topological polar surface area (TPSA) is 51.2 Å². The predicted molar refractivity (Wildman–Crippen MR) is 102 cm³/mol. The fourth-order valence-electron chi connectivity index (χ4n) is 2.32. The number of alkyl carbamates (subject to hydrolysis) is 1. The minimum Gasteiger partial charge on any atom is -0.448 e. The lowest BCUT2D eigenvalue weighted by Crippen LogP contribution is -2.24. The highest BCUT2D eigenvalue weighted by Gasteiger charge is 2.08. The van der Waals surface area contributed by atoms with Gasteiger partial charge in [0.1, 0.15) is 11.6 Å². The molecule has 0 fully saturated rings. The van der Waals surface area contributed by atoms with Crippen molar-refractivity contribution in [3.63, 3.8) is 0 Å². The average molecular weight is 373 g/mol. The van der Waals surface area contributed by atoms with Crippen LogP contribution in [0, 0.1) is 0 Å². The lowest BCUT2D eigenvalue weighted by atomic mass is 10.1. The van der Waals surface area contributed by atoms with Crippen molar-refractivity contribution in [3.8, 4) is 21.8 Å². The maximum absolute atomic E-state index is 11.5. The molecule has 25 heavy (non-hydrogen) atoms. The highest BCUT2D eigenvalue weighted by atomic mass is 35.5. The van der Waals surface area contributed by atoms with Gasteiger partial charge in [-0.2, -0.15) is 0 Å². The molecule has 1 N–H and O–H groups in total. The Morgan fingerprint density at radius 2 is 1.92 bits per heavy atom. The summed E-state index contributed by atoms with van der Waals surface area (Å²) >= 11 is 7.09. The molecule has 1 amide bonds. The summed E-state index contributed by atoms with van der Waals surface area (Å²) in [5.74, 6) is 0.288. The molecule has 0 saturated heterocycles. The quantitative estimate of drug-likeness (QED) is 0.623. The van der Waals surface area contributed by atoms with Gasteiger partial charge in [-0.05, 0) is 11.6 Å². The number of alkyl halides is 1. The minimum absolute atomic E-state index is 0.203. The normalized spacial score (nSPS) is 10.4. The van der Waals surface area contributed by atoms with Crippen molar-refractivity contribution in [3.05, 3.63) is 65.5 Å². The number of aromatic nitrogens is 1. The molecule has 6 heteroatoms. The summed E-state index contributed by atoms with van der Waals surface area (Å²) in [5.41, 5.74) is 4.08. The summed E-state index contributed by atoms with van der Waals surface area (Å²) in [5, 5.41) is 5.71. The molecule has 0 saturated carbocycles. The Hall–Kier alpha value is -2.37. The molecule has 0 spiro atoms. The number of carbonyl (C=O) groups is 1. The largest absolute Gasteiger partial charge is 0.448 e. The summed E-state index contributed by atoms with van der Waals surface area (Å²) in [6.45, 7) is 0.598. The van der Waals surface area contributed by atoms with Gasteiger partial charge in [0.2, 0.25) is 0 Å². The van der Waals surface area contributed by atoms with Gasteiger partial charge in [0, 0.05) is 23.1 Å². The number of nitrogens with one attached hydrogen (secondary N) is 1. The van der Waals surface area contributed by atoms with E-state index in [4.69, 9.17) is 21.3 Å². The van der Waals surface area contributed by atoms with Gasteiger partial charge >= 0.3 is 6.09 Å². The number of hydrogen-bond donors (Lipinski definition) is 1. The van der Waals surface area contributed by atoms with Crippen molar-refractivity contribution in [2.75, 3.05) is 12.5 Å². The second-order valence-electron chi connectivity index (χ2n) is 5.28. The number of amides is 1. The van der Waals surface area contributed by atoms with Gasteiger partial charge < -0.3 is 10.1 Å². The smallest absolute Gasteiger partial charge is 0.407 e. The molecule has 0 aliphatic carbocycles. The molecule has 0 bridgehead atoms. The fourth-order valence-corrected chi connectivity index (χ4v) is 3.22. The van der Waals surface area contributed by atoms with Crippen molar-refractivity contribution in [1.82, 2.24) is 10.3 Å². The third kappa shape index (κ3) is 4.81. The summed E-state index contributed by atoms with van der Waals surface area (Å²) < 4.78 is 4.89. The number of nitrogens with zero attached hydrogens (tertiary/aromatic N) is 1. The highest BCUT2D eigenvalue weighted by Crippen LogP contribution is 2.29. The maximum Gasteiger partial charge on any atom is 0.407 e. The van der Waals surface area contributed by atoms with E-state index in [9.17, 15) is 4.79 Å². The average Bonchev–Trinajstić information content (AvgIpc) is 3.16. The zero-order valence-corrected chi connectivity index (χ0v) is 15.0. The van der Waals surface area contributed by atoms with Crippen LogP contribution in [0.4, 0.5) is 4.79 Å². The van der Waals surface area contributed by atoms with Gasteiger partial charge in [-0.25, -0.2) is 9.78 Å². The van der Waals surface area contributed by atoms with Gasteiger partial charge in [-0.15, -0.1) is 22.9 Å². The van der Waals surface area contributed by atoms with Gasteiger partial charge in [0.15, 0.2) is 0 Å². The zero-order valence-electron chi connectivity index (χ0n) is 13.4. The van der Waals surface area contributed by atoms with E-state index in [0.29, 0.717) is 6.54 Å². The van der Waals surface area contributed by atoms with Crippen LogP contribution in [-0.4, -0.2) is 23.6 Å². The van der Waals surface area contributed by atoms with Crippen LogP contribution in [0.5, 0.6) is 0 Å². The Morgan fingerprint density at radius 3 is 2.72 bits per heavy atom. The minimum atomic E-state index is -0.466. The summed E-state index contributed by atoms with van der Waals surface area (Å²) in [6, 6.07) is 18.0. The number of carbonyl (C=O) groups excluding carboxylic acids is 1. The second kappa shape index (κ2) is 8.65. The van der Waals surface area contributed by atoms with E-state index in [0.717, 1.165) is 27.4 Å². The number of thiazole rings is 1. The van der Waals surface area contributed by atoms with Gasteiger partial charge in [-0.3, -0.25) is 0 Å². The van der Waals surface area contributed by atoms with Crippen molar-refractivity contribution >= 4 is 29.0 Å². The number of hydrogen-bond acceptors (Lipinski definition) is 4. The van der Waals surface area contributed by atoms with E-state index in [1.54, 1.807) is 11.3 Å². The fraction of sp³-hybridized carbons (Fsp3) is 0.158. The van der Waals surface area contributed by atoms with E-state index in [1.807, 2.05) is 54.6 Å². The molecule has 128 valence electrons. The number of benzene rings is 2. The van der Waals surface area contributed by atoms with Crippen LogP contribution in [0.2, 0.25) is 0 Å². The van der Waals surface area contributed by atoms with Gasteiger partial charge in [-0.1, -0.05) is 48.5 Å². The molecule has 0 atom stereocenters. The Kier molecular flexibility index (Phi) is 6.04. The first-order valence-electron chi connectivity index (χ1n) is 7.83. The molecule has 1 heterocycles. The van der Waals surface area contributed by atoms with E-state index in [2.05, 4.69) is 10.7 Å². The third-order valence-corrected chi connectivity index (χ3v) is 4.54.